The Hall–Kier alpha value is -2.68. The zero-order valence-electron chi connectivity index (χ0n) is 13.4. The van der Waals surface area contributed by atoms with Crippen LogP contribution < -0.4 is 10.6 Å². The Morgan fingerprint density at radius 3 is 2.71 bits per heavy atom. The van der Waals surface area contributed by atoms with Gasteiger partial charge in [0, 0.05) is 31.1 Å². The van der Waals surface area contributed by atoms with Crippen molar-refractivity contribution in [1.29, 1.82) is 0 Å². The fraction of sp³-hybridized carbons (Fsp3) is 0.267. The largest absolute Gasteiger partial charge is 0.382 e. The first-order valence-corrected chi connectivity index (χ1v) is 9.28. The van der Waals surface area contributed by atoms with E-state index < -0.39 is 9.84 Å². The first-order chi connectivity index (χ1) is 11.4. The van der Waals surface area contributed by atoms with E-state index >= 15 is 0 Å². The summed E-state index contributed by atoms with van der Waals surface area (Å²) in [6.45, 7) is 3.01. The molecule has 24 heavy (non-hydrogen) atoms. The van der Waals surface area contributed by atoms with Crippen LogP contribution >= 0.6 is 0 Å². The van der Waals surface area contributed by atoms with Gasteiger partial charge in [0.2, 0.25) is 0 Å². The Labute approximate surface area is 139 Å². The van der Waals surface area contributed by atoms with Gasteiger partial charge in [-0.1, -0.05) is 12.1 Å². The van der Waals surface area contributed by atoms with E-state index in [1.165, 1.54) is 12.6 Å². The zero-order valence-corrected chi connectivity index (χ0v) is 14.2. The van der Waals surface area contributed by atoms with Crippen molar-refractivity contribution in [3.63, 3.8) is 0 Å². The average molecular weight is 346 g/mol. The molecular weight excluding hydrogens is 328 g/mol. The van der Waals surface area contributed by atoms with Gasteiger partial charge in [0.1, 0.15) is 12.1 Å². The second-order valence-electron chi connectivity index (χ2n) is 5.38. The maximum Gasteiger partial charge on any atom is 0.254 e. The van der Waals surface area contributed by atoms with E-state index in [9.17, 15) is 8.42 Å². The highest BCUT2D eigenvalue weighted by Crippen LogP contribution is 2.20. The Bertz CT molecular complexity index is 967. The van der Waals surface area contributed by atoms with Crippen molar-refractivity contribution in [1.82, 2.24) is 19.6 Å². The van der Waals surface area contributed by atoms with E-state index in [1.54, 1.807) is 28.8 Å². The zero-order chi connectivity index (χ0) is 17.2. The maximum absolute atomic E-state index is 11.8. The summed E-state index contributed by atoms with van der Waals surface area (Å²) in [5.74, 6) is 1.32. The summed E-state index contributed by atoms with van der Waals surface area (Å²) in [4.78, 5) is 8.65. The van der Waals surface area contributed by atoms with Crippen LogP contribution in [0.3, 0.4) is 0 Å². The van der Waals surface area contributed by atoms with E-state index in [0.29, 0.717) is 29.5 Å². The summed E-state index contributed by atoms with van der Waals surface area (Å²) >= 11 is 0. The predicted molar refractivity (Wildman–Crippen MR) is 92.1 cm³/mol. The summed E-state index contributed by atoms with van der Waals surface area (Å²) in [6, 6.07) is 8.74. The Kier molecular flexibility index (Phi) is 4.34. The summed E-state index contributed by atoms with van der Waals surface area (Å²) in [7, 11) is -3.26. The number of fused-ring (bicyclic) bond motifs is 1. The first-order valence-electron chi connectivity index (χ1n) is 7.39. The van der Waals surface area contributed by atoms with Gasteiger partial charge in [0.25, 0.3) is 5.78 Å². The number of aryl methyl sites for hydroxylation is 1. The van der Waals surface area contributed by atoms with Crippen LogP contribution in [-0.2, 0) is 9.84 Å². The topological polar surface area (TPSA) is 101 Å². The minimum Gasteiger partial charge on any atom is -0.382 e. The second kappa shape index (κ2) is 6.44. The van der Waals surface area contributed by atoms with E-state index in [1.807, 2.05) is 13.0 Å². The predicted octanol–water partition coefficient (Wildman–Crippen LogP) is 1.36. The number of anilines is 2. The van der Waals surface area contributed by atoms with Gasteiger partial charge in [0.15, 0.2) is 9.84 Å². The van der Waals surface area contributed by atoms with Gasteiger partial charge in [-0.2, -0.15) is 14.6 Å². The molecule has 0 unspecified atom stereocenters. The lowest BCUT2D eigenvalue weighted by Gasteiger charge is -2.12. The van der Waals surface area contributed by atoms with Crippen LogP contribution in [-0.4, -0.2) is 47.3 Å². The van der Waals surface area contributed by atoms with Gasteiger partial charge in [-0.25, -0.2) is 13.4 Å². The van der Waals surface area contributed by atoms with Crippen LogP contribution in [0, 0.1) is 6.92 Å². The normalized spacial score (nSPS) is 11.6. The van der Waals surface area contributed by atoms with E-state index in [4.69, 9.17) is 0 Å². The number of sulfone groups is 1. The molecule has 0 fully saturated rings. The quantitative estimate of drug-likeness (QED) is 0.650. The second-order valence-corrected chi connectivity index (χ2v) is 7.36. The van der Waals surface area contributed by atoms with E-state index in [0.717, 1.165) is 11.5 Å². The van der Waals surface area contributed by atoms with Crippen molar-refractivity contribution in [2.75, 3.05) is 30.0 Å². The molecule has 126 valence electrons. The number of nitrogens with zero attached hydrogens (tertiary/aromatic N) is 4. The molecule has 0 aliphatic heterocycles. The van der Waals surface area contributed by atoms with Gasteiger partial charge >= 0.3 is 0 Å². The smallest absolute Gasteiger partial charge is 0.254 e. The highest BCUT2D eigenvalue weighted by Gasteiger charge is 2.12. The van der Waals surface area contributed by atoms with Crippen LogP contribution in [0.2, 0.25) is 0 Å². The van der Waals surface area contributed by atoms with Crippen LogP contribution in [0.1, 0.15) is 5.69 Å². The van der Waals surface area contributed by atoms with Gasteiger partial charge in [-0.05, 0) is 19.1 Å². The van der Waals surface area contributed by atoms with Crippen LogP contribution in [0.4, 0.5) is 11.5 Å². The average Bonchev–Trinajstić information content (AvgIpc) is 2.99. The highest BCUT2D eigenvalue weighted by atomic mass is 32.2. The summed E-state index contributed by atoms with van der Waals surface area (Å²) < 4.78 is 25.2. The van der Waals surface area contributed by atoms with Gasteiger partial charge in [0.05, 0.1) is 10.6 Å². The van der Waals surface area contributed by atoms with Crippen LogP contribution in [0.15, 0.2) is 41.6 Å². The van der Waals surface area contributed by atoms with Gasteiger partial charge in [-0.3, -0.25) is 0 Å². The third kappa shape index (κ3) is 3.46. The molecule has 0 saturated carbocycles. The molecule has 0 aliphatic carbocycles. The molecule has 0 bridgehead atoms. The molecule has 3 aromatic rings. The van der Waals surface area contributed by atoms with Crippen molar-refractivity contribution in [2.24, 2.45) is 0 Å². The van der Waals surface area contributed by atoms with Crippen molar-refractivity contribution < 1.29 is 8.42 Å². The van der Waals surface area contributed by atoms with Gasteiger partial charge < -0.3 is 10.6 Å². The number of hydrogen-bond donors (Lipinski definition) is 2. The van der Waals surface area contributed by atoms with Gasteiger partial charge in [-0.15, -0.1) is 0 Å². The number of rotatable bonds is 6. The summed E-state index contributed by atoms with van der Waals surface area (Å²) in [6.07, 6.45) is 2.65. The summed E-state index contributed by atoms with van der Waals surface area (Å²) in [5.41, 5.74) is 1.44. The number of para-hydroxylation sites is 1. The monoisotopic (exact) mass is 346 g/mol. The molecule has 1 aromatic carbocycles. The van der Waals surface area contributed by atoms with Crippen LogP contribution in [0.25, 0.3) is 5.78 Å². The Morgan fingerprint density at radius 2 is 1.92 bits per heavy atom. The molecule has 3 rings (SSSR count). The lowest BCUT2D eigenvalue weighted by Crippen LogP contribution is -2.17. The number of benzene rings is 1. The molecule has 0 aliphatic rings. The molecular formula is C15H18N6O2S. The van der Waals surface area contributed by atoms with Crippen molar-refractivity contribution in [3.8, 4) is 0 Å². The highest BCUT2D eigenvalue weighted by molar-refractivity contribution is 7.90. The molecule has 0 radical (unpaired) electrons. The molecule has 2 N–H and O–H groups in total. The third-order valence-corrected chi connectivity index (χ3v) is 4.57. The van der Waals surface area contributed by atoms with Crippen molar-refractivity contribution >= 4 is 27.1 Å². The Balaban J connectivity index is 1.67. The van der Waals surface area contributed by atoms with Crippen molar-refractivity contribution in [3.05, 3.63) is 42.4 Å². The molecule has 0 atom stereocenters. The van der Waals surface area contributed by atoms with Crippen molar-refractivity contribution in [2.45, 2.75) is 11.8 Å². The fourth-order valence-corrected chi connectivity index (χ4v) is 3.25. The van der Waals surface area contributed by atoms with E-state index in [-0.39, 0.29) is 0 Å². The molecule has 9 heteroatoms. The fourth-order valence-electron chi connectivity index (χ4n) is 2.38. The molecule has 2 aromatic heterocycles. The minimum absolute atomic E-state index is 0.295. The SMILES string of the molecule is Cc1cc(NCCNc2ccccc2S(C)(=O)=O)n2ncnc2n1. The maximum atomic E-state index is 11.8. The Morgan fingerprint density at radius 1 is 1.17 bits per heavy atom. The molecule has 0 amide bonds. The first kappa shape index (κ1) is 16.2. The molecule has 8 nitrogen and oxygen atoms in total. The number of nitrogens with one attached hydrogen (secondary N) is 2. The van der Waals surface area contributed by atoms with Crippen LogP contribution in [0.5, 0.6) is 0 Å². The number of hydrogen-bond acceptors (Lipinski definition) is 7. The molecule has 2 heterocycles. The number of aromatic nitrogens is 4. The third-order valence-electron chi connectivity index (χ3n) is 3.41. The molecule has 0 spiro atoms. The lowest BCUT2D eigenvalue weighted by molar-refractivity contribution is 0.602. The minimum atomic E-state index is -3.26. The summed E-state index contributed by atoms with van der Waals surface area (Å²) in [5, 5.41) is 10.5. The molecule has 0 saturated heterocycles. The lowest BCUT2D eigenvalue weighted by atomic mass is 10.3. The standard InChI is InChI=1S/C15H18N6O2S/c1-11-9-14(21-15(20-11)18-10-19-21)17-8-7-16-12-5-3-4-6-13(12)24(2,22)23/h3-6,9-10,16-17H,7-8H2,1-2H3. The van der Waals surface area contributed by atoms with E-state index in [2.05, 4.69) is 25.7 Å².